The van der Waals surface area contributed by atoms with Crippen molar-refractivity contribution < 1.29 is 19.1 Å². The largest absolute Gasteiger partial charge is 0.480 e. The lowest BCUT2D eigenvalue weighted by atomic mass is 9.94. The number of amides is 1. The lowest BCUT2D eigenvalue weighted by molar-refractivity contribution is -0.142. The van der Waals surface area contributed by atoms with E-state index in [-0.39, 0.29) is 23.2 Å². The SMILES string of the molecule is O=C(O)C1C2CCCC2CN1C(=O)c1ccc(=O)n(-c2ccccc2F)n1. The molecular weight excluding hydrogens is 353 g/mol. The number of carboxylic acids is 1. The Kier molecular flexibility index (Phi) is 4.25. The minimum Gasteiger partial charge on any atom is -0.480 e. The predicted molar refractivity (Wildman–Crippen MR) is 93.1 cm³/mol. The number of para-hydroxylation sites is 1. The molecule has 2 aromatic rings. The molecular formula is C19H18FN3O4. The first-order chi connectivity index (χ1) is 13.0. The summed E-state index contributed by atoms with van der Waals surface area (Å²) in [6.07, 6.45) is 2.66. The van der Waals surface area contributed by atoms with Gasteiger partial charge < -0.3 is 10.0 Å². The number of carbonyl (C=O) groups is 2. The van der Waals surface area contributed by atoms with Crippen LogP contribution in [-0.4, -0.2) is 44.3 Å². The summed E-state index contributed by atoms with van der Waals surface area (Å²) < 4.78 is 14.9. The van der Waals surface area contributed by atoms with Crippen molar-refractivity contribution in [2.45, 2.75) is 25.3 Å². The van der Waals surface area contributed by atoms with Gasteiger partial charge in [0.2, 0.25) is 0 Å². The highest BCUT2D eigenvalue weighted by Crippen LogP contribution is 2.42. The Hall–Kier alpha value is -3.03. The first-order valence-electron chi connectivity index (χ1n) is 8.86. The number of hydrogen-bond acceptors (Lipinski definition) is 4. The van der Waals surface area contributed by atoms with Crippen molar-refractivity contribution in [2.24, 2.45) is 11.8 Å². The minimum atomic E-state index is -1.03. The molecule has 0 radical (unpaired) electrons. The summed E-state index contributed by atoms with van der Waals surface area (Å²) in [6, 6.07) is 7.13. The smallest absolute Gasteiger partial charge is 0.326 e. The maximum absolute atomic E-state index is 14.0. The molecule has 4 rings (SSSR count). The normalized spacial score (nSPS) is 24.0. The Morgan fingerprint density at radius 2 is 1.93 bits per heavy atom. The number of hydrogen-bond donors (Lipinski definition) is 1. The second-order valence-electron chi connectivity index (χ2n) is 7.02. The topological polar surface area (TPSA) is 92.5 Å². The van der Waals surface area contributed by atoms with E-state index in [1.807, 2.05) is 0 Å². The van der Waals surface area contributed by atoms with Gasteiger partial charge in [0.15, 0.2) is 0 Å². The lowest BCUT2D eigenvalue weighted by Gasteiger charge is -2.24. The van der Waals surface area contributed by atoms with Gasteiger partial charge in [0.25, 0.3) is 11.5 Å². The van der Waals surface area contributed by atoms with Crippen molar-refractivity contribution in [2.75, 3.05) is 6.54 Å². The number of fused-ring (bicyclic) bond motifs is 1. The van der Waals surface area contributed by atoms with E-state index in [9.17, 15) is 23.9 Å². The van der Waals surface area contributed by atoms with E-state index in [0.29, 0.717) is 6.54 Å². The Morgan fingerprint density at radius 3 is 2.67 bits per heavy atom. The summed E-state index contributed by atoms with van der Waals surface area (Å²) in [7, 11) is 0. The highest BCUT2D eigenvalue weighted by Gasteiger charge is 2.49. The van der Waals surface area contributed by atoms with Gasteiger partial charge in [0.1, 0.15) is 23.2 Å². The molecule has 2 heterocycles. The molecule has 1 saturated carbocycles. The first kappa shape index (κ1) is 17.4. The minimum absolute atomic E-state index is 0.0519. The van der Waals surface area contributed by atoms with Gasteiger partial charge in [-0.25, -0.2) is 9.18 Å². The molecule has 1 aliphatic heterocycles. The van der Waals surface area contributed by atoms with Crippen molar-refractivity contribution in [3.05, 3.63) is 58.3 Å². The third-order valence-corrected chi connectivity index (χ3v) is 5.50. The van der Waals surface area contributed by atoms with E-state index in [0.717, 1.165) is 30.0 Å². The molecule has 1 amide bonds. The monoisotopic (exact) mass is 371 g/mol. The molecule has 3 atom stereocenters. The number of rotatable bonds is 3. The Morgan fingerprint density at radius 1 is 1.15 bits per heavy atom. The fourth-order valence-corrected chi connectivity index (χ4v) is 4.30. The zero-order valence-electron chi connectivity index (χ0n) is 14.4. The number of carbonyl (C=O) groups excluding carboxylic acids is 1. The standard InChI is InChI=1S/C19H18FN3O4/c20-13-6-1-2-7-15(13)23-16(24)9-8-14(21-23)18(25)22-10-11-4-3-5-12(11)17(22)19(26)27/h1-2,6-9,11-12,17H,3-5,10H2,(H,26,27). The van der Waals surface area contributed by atoms with Crippen LogP contribution in [0.2, 0.25) is 0 Å². The van der Waals surface area contributed by atoms with Crippen molar-refractivity contribution in [3.8, 4) is 5.69 Å². The molecule has 1 aliphatic carbocycles. The highest BCUT2D eigenvalue weighted by atomic mass is 19.1. The molecule has 0 spiro atoms. The fraction of sp³-hybridized carbons (Fsp3) is 0.368. The second kappa shape index (κ2) is 6.61. The van der Waals surface area contributed by atoms with E-state index in [1.54, 1.807) is 6.07 Å². The van der Waals surface area contributed by atoms with Gasteiger partial charge in [0.05, 0.1) is 0 Å². The van der Waals surface area contributed by atoms with Gasteiger partial charge >= 0.3 is 5.97 Å². The molecule has 1 N–H and O–H groups in total. The van der Waals surface area contributed by atoms with Crippen LogP contribution in [0.15, 0.2) is 41.2 Å². The van der Waals surface area contributed by atoms with Crippen molar-refractivity contribution in [1.82, 2.24) is 14.7 Å². The zero-order chi connectivity index (χ0) is 19.1. The van der Waals surface area contributed by atoms with E-state index in [1.165, 1.54) is 29.2 Å². The Bertz CT molecular complexity index is 973. The maximum atomic E-state index is 14.0. The first-order valence-corrected chi connectivity index (χ1v) is 8.86. The van der Waals surface area contributed by atoms with E-state index in [4.69, 9.17) is 0 Å². The van der Waals surface area contributed by atoms with E-state index >= 15 is 0 Å². The average molecular weight is 371 g/mol. The summed E-state index contributed by atoms with van der Waals surface area (Å²) in [5, 5.41) is 13.6. The van der Waals surface area contributed by atoms with Crippen LogP contribution in [0.4, 0.5) is 4.39 Å². The van der Waals surface area contributed by atoms with Gasteiger partial charge in [0, 0.05) is 12.6 Å². The molecule has 1 aromatic heterocycles. The van der Waals surface area contributed by atoms with Crippen LogP contribution in [0.25, 0.3) is 5.69 Å². The number of carboxylic acid groups (broad SMARTS) is 1. The molecule has 3 unspecified atom stereocenters. The van der Waals surface area contributed by atoms with Crippen molar-refractivity contribution >= 4 is 11.9 Å². The summed E-state index contributed by atoms with van der Waals surface area (Å²) in [4.78, 5) is 38.2. The summed E-state index contributed by atoms with van der Waals surface area (Å²) in [6.45, 7) is 0.362. The van der Waals surface area contributed by atoms with Crippen molar-refractivity contribution in [1.29, 1.82) is 0 Å². The summed E-state index contributed by atoms with van der Waals surface area (Å²) >= 11 is 0. The van der Waals surface area contributed by atoms with Crippen LogP contribution in [0.3, 0.4) is 0 Å². The van der Waals surface area contributed by atoms with E-state index in [2.05, 4.69) is 5.10 Å². The van der Waals surface area contributed by atoms with Crippen LogP contribution in [0.5, 0.6) is 0 Å². The molecule has 2 fully saturated rings. The number of aliphatic carboxylic acids is 1. The zero-order valence-corrected chi connectivity index (χ0v) is 14.4. The highest BCUT2D eigenvalue weighted by molar-refractivity contribution is 5.95. The molecule has 27 heavy (non-hydrogen) atoms. The number of benzene rings is 1. The van der Waals surface area contributed by atoms with Gasteiger partial charge in [-0.1, -0.05) is 18.6 Å². The van der Waals surface area contributed by atoms with Crippen LogP contribution in [-0.2, 0) is 4.79 Å². The van der Waals surface area contributed by atoms with Crippen molar-refractivity contribution in [3.63, 3.8) is 0 Å². The number of likely N-dealkylation sites (tertiary alicyclic amines) is 1. The fourth-order valence-electron chi connectivity index (χ4n) is 4.30. The summed E-state index contributed by atoms with van der Waals surface area (Å²) in [5.41, 5.74) is -0.723. The van der Waals surface area contributed by atoms with Gasteiger partial charge in [-0.05, 0) is 42.9 Å². The Labute approximate surface area is 154 Å². The average Bonchev–Trinajstić information content (AvgIpc) is 3.23. The van der Waals surface area contributed by atoms with Crippen LogP contribution in [0, 0.1) is 17.7 Å². The molecule has 1 aromatic carbocycles. The summed E-state index contributed by atoms with van der Waals surface area (Å²) in [5.74, 6) is -2.10. The van der Waals surface area contributed by atoms with Gasteiger partial charge in [-0.3, -0.25) is 9.59 Å². The number of nitrogens with zero attached hydrogens (tertiary/aromatic N) is 3. The Balaban J connectivity index is 1.71. The molecule has 7 nitrogen and oxygen atoms in total. The third-order valence-electron chi connectivity index (χ3n) is 5.50. The second-order valence-corrected chi connectivity index (χ2v) is 7.02. The molecule has 8 heteroatoms. The maximum Gasteiger partial charge on any atom is 0.326 e. The van der Waals surface area contributed by atoms with Gasteiger partial charge in [-0.15, -0.1) is 0 Å². The quantitative estimate of drug-likeness (QED) is 0.887. The number of halogens is 1. The van der Waals surface area contributed by atoms with Crippen LogP contribution in [0.1, 0.15) is 29.8 Å². The van der Waals surface area contributed by atoms with Crippen LogP contribution < -0.4 is 5.56 Å². The third kappa shape index (κ3) is 2.90. The number of aromatic nitrogens is 2. The molecule has 140 valence electrons. The molecule has 2 aliphatic rings. The molecule has 1 saturated heterocycles. The molecule has 0 bridgehead atoms. The van der Waals surface area contributed by atoms with Gasteiger partial charge in [-0.2, -0.15) is 9.78 Å². The predicted octanol–water partition coefficient (Wildman–Crippen LogP) is 1.70. The lowest BCUT2D eigenvalue weighted by Crippen LogP contribution is -2.44. The van der Waals surface area contributed by atoms with E-state index < -0.39 is 29.3 Å². The van der Waals surface area contributed by atoms with Crippen LogP contribution >= 0.6 is 0 Å².